The summed E-state index contributed by atoms with van der Waals surface area (Å²) in [4.78, 5) is 12.0. The van der Waals surface area contributed by atoms with E-state index in [1.807, 2.05) is 27.7 Å². The van der Waals surface area contributed by atoms with Crippen molar-refractivity contribution in [2.45, 2.75) is 27.7 Å². The highest BCUT2D eigenvalue weighted by atomic mass is 35.5. The van der Waals surface area contributed by atoms with Gasteiger partial charge in [-0.25, -0.2) is 0 Å². The fourth-order valence-corrected chi connectivity index (χ4v) is 1.59. The Bertz CT molecular complexity index is 403. The molecule has 0 aliphatic rings. The Morgan fingerprint density at radius 3 is 2.33 bits per heavy atom. The van der Waals surface area contributed by atoms with Crippen molar-refractivity contribution in [2.75, 3.05) is 0 Å². The Labute approximate surface area is 94.9 Å². The van der Waals surface area contributed by atoms with Crippen molar-refractivity contribution in [3.05, 3.63) is 28.3 Å². The number of phenolic OH excluding ortho intramolecular Hbond substituents is 1. The van der Waals surface area contributed by atoms with Gasteiger partial charge in [0.2, 0.25) is 0 Å². The maximum atomic E-state index is 12.0. The lowest BCUT2D eigenvalue weighted by Crippen LogP contribution is -2.20. The van der Waals surface area contributed by atoms with Gasteiger partial charge in [0.15, 0.2) is 5.78 Å². The van der Waals surface area contributed by atoms with Crippen LogP contribution in [0.4, 0.5) is 0 Å². The number of phenols is 1. The molecule has 0 saturated carbocycles. The fourth-order valence-electron chi connectivity index (χ4n) is 1.31. The van der Waals surface area contributed by atoms with Crippen LogP contribution in [0.1, 0.15) is 36.7 Å². The molecule has 3 heteroatoms. The first kappa shape index (κ1) is 12.1. The number of carbonyl (C=O) groups is 1. The second kappa shape index (κ2) is 3.86. The first-order chi connectivity index (χ1) is 6.73. The van der Waals surface area contributed by atoms with Gasteiger partial charge in [0.25, 0.3) is 0 Å². The van der Waals surface area contributed by atoms with Crippen molar-refractivity contribution in [3.63, 3.8) is 0 Å². The van der Waals surface area contributed by atoms with E-state index in [0.29, 0.717) is 5.56 Å². The first-order valence-corrected chi connectivity index (χ1v) is 5.15. The molecule has 1 aromatic rings. The van der Waals surface area contributed by atoms with E-state index in [2.05, 4.69) is 0 Å². The summed E-state index contributed by atoms with van der Waals surface area (Å²) in [5.41, 5.74) is 0.645. The van der Waals surface area contributed by atoms with Crippen LogP contribution in [0.25, 0.3) is 0 Å². The molecule has 82 valence electrons. The number of Topliss-reactive ketones (excluding diaryl/α,β-unsaturated/α-hetero) is 1. The zero-order valence-corrected chi connectivity index (χ0v) is 10.1. The summed E-state index contributed by atoms with van der Waals surface area (Å²) in [6.07, 6.45) is 0. The smallest absolute Gasteiger partial charge is 0.171 e. The molecule has 1 aromatic carbocycles. The second-order valence-electron chi connectivity index (χ2n) is 4.72. The fraction of sp³-hybridized carbons (Fsp3) is 0.417. The lowest BCUT2D eigenvalue weighted by Gasteiger charge is -2.18. The largest absolute Gasteiger partial charge is 0.506 e. The van der Waals surface area contributed by atoms with Crippen LogP contribution in [0.2, 0.25) is 5.02 Å². The van der Waals surface area contributed by atoms with Gasteiger partial charge < -0.3 is 5.11 Å². The van der Waals surface area contributed by atoms with E-state index in [0.717, 1.165) is 5.56 Å². The van der Waals surface area contributed by atoms with E-state index < -0.39 is 5.41 Å². The van der Waals surface area contributed by atoms with Gasteiger partial charge in [-0.1, -0.05) is 32.4 Å². The van der Waals surface area contributed by atoms with Gasteiger partial charge in [-0.3, -0.25) is 4.79 Å². The number of hydrogen-bond donors (Lipinski definition) is 1. The van der Waals surface area contributed by atoms with Crippen LogP contribution in [-0.2, 0) is 0 Å². The van der Waals surface area contributed by atoms with E-state index in [4.69, 9.17) is 11.6 Å². The van der Waals surface area contributed by atoms with Crippen LogP contribution < -0.4 is 0 Å². The molecule has 0 fully saturated rings. The number of rotatable bonds is 1. The van der Waals surface area contributed by atoms with E-state index in [9.17, 15) is 9.90 Å². The Morgan fingerprint density at radius 2 is 1.87 bits per heavy atom. The number of halogens is 1. The monoisotopic (exact) mass is 226 g/mol. The Balaban J connectivity index is 3.32. The van der Waals surface area contributed by atoms with Gasteiger partial charge in [0.1, 0.15) is 5.75 Å². The summed E-state index contributed by atoms with van der Waals surface area (Å²) in [6.45, 7) is 7.27. The molecule has 0 aliphatic carbocycles. The number of aromatic hydroxyl groups is 1. The third kappa shape index (κ3) is 2.51. The predicted octanol–water partition coefficient (Wildman–Crippen LogP) is 3.58. The third-order valence-corrected chi connectivity index (χ3v) is 2.42. The van der Waals surface area contributed by atoms with Crippen LogP contribution in [0.15, 0.2) is 12.1 Å². The molecule has 0 atom stereocenters. The minimum absolute atomic E-state index is 0.106. The molecular formula is C12H15ClO2. The van der Waals surface area contributed by atoms with Gasteiger partial charge in [0.05, 0.1) is 10.6 Å². The minimum atomic E-state index is -0.519. The molecular weight excluding hydrogens is 212 g/mol. The standard InChI is InChI=1S/C12H15ClO2/c1-7-5-8(10(14)9(13)6-7)11(15)12(2,3)4/h5-6,14H,1-4H3. The van der Waals surface area contributed by atoms with Gasteiger partial charge in [-0.15, -0.1) is 0 Å². The molecule has 0 aromatic heterocycles. The first-order valence-electron chi connectivity index (χ1n) is 4.77. The summed E-state index contributed by atoms with van der Waals surface area (Å²) < 4.78 is 0. The average Bonchev–Trinajstić information content (AvgIpc) is 2.08. The highest BCUT2D eigenvalue weighted by Gasteiger charge is 2.26. The number of aryl methyl sites for hydroxylation is 1. The second-order valence-corrected chi connectivity index (χ2v) is 5.13. The van der Waals surface area contributed by atoms with Crippen LogP contribution in [0.5, 0.6) is 5.75 Å². The molecule has 1 rings (SSSR count). The molecule has 15 heavy (non-hydrogen) atoms. The lowest BCUT2D eigenvalue weighted by molar-refractivity contribution is 0.0855. The summed E-state index contributed by atoms with van der Waals surface area (Å²) in [7, 11) is 0. The van der Waals surface area contributed by atoms with E-state index in [-0.39, 0.29) is 16.6 Å². The van der Waals surface area contributed by atoms with E-state index in [1.54, 1.807) is 12.1 Å². The van der Waals surface area contributed by atoms with E-state index in [1.165, 1.54) is 0 Å². The molecule has 0 saturated heterocycles. The number of ketones is 1. The summed E-state index contributed by atoms with van der Waals surface area (Å²) in [5.74, 6) is -0.229. The lowest BCUT2D eigenvalue weighted by atomic mass is 9.86. The normalized spacial score (nSPS) is 11.5. The average molecular weight is 227 g/mol. The van der Waals surface area contributed by atoms with Crippen molar-refractivity contribution in [3.8, 4) is 5.75 Å². The summed E-state index contributed by atoms with van der Waals surface area (Å²) in [6, 6.07) is 3.30. The number of benzene rings is 1. The summed E-state index contributed by atoms with van der Waals surface area (Å²) in [5, 5.41) is 9.93. The van der Waals surface area contributed by atoms with Crippen molar-refractivity contribution in [2.24, 2.45) is 5.41 Å². The third-order valence-electron chi connectivity index (χ3n) is 2.13. The van der Waals surface area contributed by atoms with Crippen LogP contribution in [-0.4, -0.2) is 10.9 Å². The molecule has 0 heterocycles. The number of hydrogen-bond acceptors (Lipinski definition) is 2. The molecule has 0 spiro atoms. The molecule has 0 unspecified atom stereocenters. The van der Waals surface area contributed by atoms with Crippen molar-refractivity contribution < 1.29 is 9.90 Å². The molecule has 0 bridgehead atoms. The maximum Gasteiger partial charge on any atom is 0.171 e. The van der Waals surface area contributed by atoms with Gasteiger partial charge in [-0.2, -0.15) is 0 Å². The van der Waals surface area contributed by atoms with E-state index >= 15 is 0 Å². The highest BCUT2D eigenvalue weighted by molar-refractivity contribution is 6.32. The number of carbonyl (C=O) groups excluding carboxylic acids is 1. The zero-order valence-electron chi connectivity index (χ0n) is 9.39. The quantitative estimate of drug-likeness (QED) is 0.744. The Kier molecular flexibility index (Phi) is 3.10. The van der Waals surface area contributed by atoms with Gasteiger partial charge in [0, 0.05) is 5.41 Å². The Hall–Kier alpha value is -1.02. The SMILES string of the molecule is Cc1cc(Cl)c(O)c(C(=O)C(C)(C)C)c1. The molecule has 0 aliphatic heterocycles. The predicted molar refractivity (Wildman–Crippen MR) is 61.6 cm³/mol. The Morgan fingerprint density at radius 1 is 1.33 bits per heavy atom. The highest BCUT2D eigenvalue weighted by Crippen LogP contribution is 2.33. The zero-order chi connectivity index (χ0) is 11.8. The summed E-state index contributed by atoms with van der Waals surface area (Å²) >= 11 is 5.81. The molecule has 1 N–H and O–H groups in total. The molecule has 2 nitrogen and oxygen atoms in total. The topological polar surface area (TPSA) is 37.3 Å². The van der Waals surface area contributed by atoms with Gasteiger partial charge in [-0.05, 0) is 24.6 Å². The van der Waals surface area contributed by atoms with Crippen molar-refractivity contribution in [1.82, 2.24) is 0 Å². The van der Waals surface area contributed by atoms with Crippen LogP contribution >= 0.6 is 11.6 Å². The van der Waals surface area contributed by atoms with Crippen LogP contribution in [0.3, 0.4) is 0 Å². The molecule has 0 amide bonds. The van der Waals surface area contributed by atoms with Crippen LogP contribution in [0, 0.1) is 12.3 Å². The maximum absolute atomic E-state index is 12.0. The van der Waals surface area contributed by atoms with Crippen molar-refractivity contribution in [1.29, 1.82) is 0 Å². The van der Waals surface area contributed by atoms with Gasteiger partial charge >= 0.3 is 0 Å². The van der Waals surface area contributed by atoms with Crippen molar-refractivity contribution >= 4 is 17.4 Å². The minimum Gasteiger partial charge on any atom is -0.506 e. The molecule has 0 radical (unpaired) electrons.